The molecule has 10 heavy (non-hydrogen) atoms. The van der Waals surface area contributed by atoms with Crippen molar-refractivity contribution in [3.8, 4) is 0 Å². The molecule has 0 fully saturated rings. The topological polar surface area (TPSA) is 20.2 Å². The number of hydrogen-bond acceptors (Lipinski definition) is 1. The summed E-state index contributed by atoms with van der Waals surface area (Å²) in [6, 6.07) is 0. The lowest BCUT2D eigenvalue weighted by Crippen LogP contribution is -2.15. The van der Waals surface area contributed by atoms with Crippen molar-refractivity contribution in [3.63, 3.8) is 0 Å². The number of hydrogen-bond donors (Lipinski definition) is 1. The first-order chi connectivity index (χ1) is 4.72. The van der Waals surface area contributed by atoms with Crippen LogP contribution in [0.2, 0.25) is 0 Å². The molecule has 2 atom stereocenters. The fourth-order valence-electron chi connectivity index (χ4n) is 0.826. The third-order valence-electron chi connectivity index (χ3n) is 1.67. The zero-order chi connectivity index (χ0) is 7.98. The summed E-state index contributed by atoms with van der Waals surface area (Å²) >= 11 is 5.33. The molecule has 1 nitrogen and oxygen atoms in total. The lowest BCUT2D eigenvalue weighted by atomic mass is 9.99. The van der Waals surface area contributed by atoms with E-state index in [9.17, 15) is 5.11 Å². The van der Waals surface area contributed by atoms with Crippen LogP contribution in [0.5, 0.6) is 0 Å². The van der Waals surface area contributed by atoms with E-state index in [4.69, 9.17) is 11.6 Å². The van der Waals surface area contributed by atoms with E-state index in [1.165, 1.54) is 5.54 Å². The van der Waals surface area contributed by atoms with Crippen molar-refractivity contribution < 1.29 is 5.11 Å². The zero-order valence-electron chi connectivity index (χ0n) is 6.55. The van der Waals surface area contributed by atoms with Gasteiger partial charge in [0.15, 0.2) is 0 Å². The fourth-order valence-corrected chi connectivity index (χ4v) is 0.928. The van der Waals surface area contributed by atoms with Crippen molar-refractivity contribution in [3.05, 3.63) is 11.6 Å². The van der Waals surface area contributed by atoms with E-state index in [-0.39, 0.29) is 6.10 Å². The second kappa shape index (κ2) is 5.75. The summed E-state index contributed by atoms with van der Waals surface area (Å²) in [5, 5.41) is 9.28. The van der Waals surface area contributed by atoms with Gasteiger partial charge in [0, 0.05) is 5.54 Å². The van der Waals surface area contributed by atoms with E-state index in [2.05, 4.69) is 0 Å². The highest BCUT2D eigenvalue weighted by molar-refractivity contribution is 6.25. The van der Waals surface area contributed by atoms with Gasteiger partial charge in [0.25, 0.3) is 0 Å². The average molecular weight is 163 g/mol. The Hall–Kier alpha value is -0.0100. The van der Waals surface area contributed by atoms with Crippen LogP contribution >= 0.6 is 11.6 Å². The Morgan fingerprint density at radius 3 is 2.60 bits per heavy atom. The minimum absolute atomic E-state index is 0.187. The molecule has 0 radical (unpaired) electrons. The Morgan fingerprint density at radius 2 is 2.20 bits per heavy atom. The molecule has 0 bridgehead atoms. The maximum absolute atomic E-state index is 9.28. The molecule has 0 saturated heterocycles. The van der Waals surface area contributed by atoms with Crippen molar-refractivity contribution in [1.29, 1.82) is 0 Å². The molecular formula is C8H15ClO. The van der Waals surface area contributed by atoms with Gasteiger partial charge in [-0.1, -0.05) is 31.5 Å². The van der Waals surface area contributed by atoms with E-state index < -0.39 is 0 Å². The van der Waals surface area contributed by atoms with Crippen molar-refractivity contribution in [1.82, 2.24) is 0 Å². The summed E-state index contributed by atoms with van der Waals surface area (Å²) in [5.41, 5.74) is 1.50. The number of halogens is 1. The van der Waals surface area contributed by atoms with Crippen molar-refractivity contribution >= 4 is 11.6 Å². The highest BCUT2D eigenvalue weighted by Gasteiger charge is 2.08. The third-order valence-corrected chi connectivity index (χ3v) is 1.85. The molecule has 0 aromatic carbocycles. The van der Waals surface area contributed by atoms with E-state index in [1.807, 2.05) is 19.9 Å². The van der Waals surface area contributed by atoms with Crippen LogP contribution < -0.4 is 0 Å². The molecule has 0 rings (SSSR count). The zero-order valence-corrected chi connectivity index (χ0v) is 7.30. The highest BCUT2D eigenvalue weighted by atomic mass is 35.5. The quantitative estimate of drug-likeness (QED) is 0.674. The summed E-state index contributed by atoms with van der Waals surface area (Å²) in [7, 11) is 0. The molecule has 0 saturated carbocycles. The van der Waals surface area contributed by atoms with Crippen LogP contribution in [0.1, 0.15) is 26.7 Å². The molecule has 0 heterocycles. The predicted molar refractivity (Wildman–Crippen MR) is 45.1 cm³/mol. The van der Waals surface area contributed by atoms with Gasteiger partial charge in [-0.3, -0.25) is 0 Å². The van der Waals surface area contributed by atoms with Crippen LogP contribution in [0.4, 0.5) is 0 Å². The molecule has 0 aliphatic rings. The average Bonchev–Trinajstić information content (AvgIpc) is 1.98. The first-order valence-corrected chi connectivity index (χ1v) is 4.09. The maximum Gasteiger partial charge on any atom is 0.0566 e. The Bertz CT molecular complexity index is 101. The van der Waals surface area contributed by atoms with E-state index in [1.54, 1.807) is 0 Å². The van der Waals surface area contributed by atoms with Crippen LogP contribution in [0, 0.1) is 5.92 Å². The van der Waals surface area contributed by atoms with Gasteiger partial charge in [-0.15, -0.1) is 0 Å². The normalized spacial score (nSPS) is 17.6. The monoisotopic (exact) mass is 162 g/mol. The summed E-state index contributed by atoms with van der Waals surface area (Å²) in [6.07, 6.45) is 3.36. The number of aliphatic hydroxyl groups is 1. The van der Waals surface area contributed by atoms with E-state index in [0.29, 0.717) is 5.92 Å². The first-order valence-electron chi connectivity index (χ1n) is 3.65. The van der Waals surface area contributed by atoms with Crippen LogP contribution in [0.25, 0.3) is 0 Å². The van der Waals surface area contributed by atoms with Crippen molar-refractivity contribution in [2.45, 2.75) is 32.8 Å². The second-order valence-electron chi connectivity index (χ2n) is 2.55. The van der Waals surface area contributed by atoms with Gasteiger partial charge in [-0.05, 0) is 18.8 Å². The second-order valence-corrected chi connectivity index (χ2v) is 2.80. The molecule has 0 aliphatic heterocycles. The Labute approximate surface area is 67.7 Å². The van der Waals surface area contributed by atoms with Gasteiger partial charge in [-0.25, -0.2) is 0 Å². The molecule has 2 heteroatoms. The van der Waals surface area contributed by atoms with Gasteiger partial charge in [0.05, 0.1) is 6.10 Å². The van der Waals surface area contributed by atoms with Crippen molar-refractivity contribution in [2.24, 2.45) is 5.92 Å². The van der Waals surface area contributed by atoms with Crippen LogP contribution in [0.15, 0.2) is 11.6 Å². The maximum atomic E-state index is 9.28. The van der Waals surface area contributed by atoms with Crippen molar-refractivity contribution in [2.75, 3.05) is 0 Å². The van der Waals surface area contributed by atoms with Gasteiger partial charge in [0.1, 0.15) is 0 Å². The molecule has 0 aromatic rings. The molecule has 0 spiro atoms. The van der Waals surface area contributed by atoms with Crippen LogP contribution in [-0.2, 0) is 0 Å². The largest absolute Gasteiger partial charge is 0.393 e. The highest BCUT2D eigenvalue weighted by Crippen LogP contribution is 2.11. The molecule has 0 amide bonds. The Kier molecular flexibility index (Phi) is 5.74. The minimum Gasteiger partial charge on any atom is -0.393 e. The molecule has 1 N–H and O–H groups in total. The number of aliphatic hydroxyl groups excluding tert-OH is 1. The first kappa shape index (κ1) is 9.99. The Balaban J connectivity index is 3.50. The fraction of sp³-hybridized carbons (Fsp3) is 0.750. The van der Waals surface area contributed by atoms with Crippen LogP contribution in [0.3, 0.4) is 0 Å². The summed E-state index contributed by atoms with van der Waals surface area (Å²) in [6.45, 7) is 4.00. The standard InChI is InChI=1S/C8H15ClO/c1-3-8(10)7(2)5-4-6-9/h4,6-8,10H,3,5H2,1-2H3/b6-4+. The lowest BCUT2D eigenvalue weighted by Gasteiger charge is -2.14. The minimum atomic E-state index is -0.187. The number of allylic oxidation sites excluding steroid dienone is 1. The van der Waals surface area contributed by atoms with Gasteiger partial charge in [0.2, 0.25) is 0 Å². The molecule has 2 unspecified atom stereocenters. The molecule has 0 aromatic heterocycles. The SMILES string of the molecule is CCC(O)C(C)C/C=C/Cl. The van der Waals surface area contributed by atoms with Gasteiger partial charge < -0.3 is 5.11 Å². The van der Waals surface area contributed by atoms with E-state index >= 15 is 0 Å². The van der Waals surface area contributed by atoms with Gasteiger partial charge in [-0.2, -0.15) is 0 Å². The smallest absolute Gasteiger partial charge is 0.0566 e. The predicted octanol–water partition coefficient (Wildman–Crippen LogP) is 2.54. The Morgan fingerprint density at radius 1 is 1.60 bits per heavy atom. The molecular weight excluding hydrogens is 148 g/mol. The summed E-state index contributed by atoms with van der Waals surface area (Å²) < 4.78 is 0. The molecule has 0 aliphatic carbocycles. The summed E-state index contributed by atoms with van der Waals surface area (Å²) in [4.78, 5) is 0. The lowest BCUT2D eigenvalue weighted by molar-refractivity contribution is 0.114. The number of rotatable bonds is 4. The van der Waals surface area contributed by atoms with Gasteiger partial charge >= 0.3 is 0 Å². The molecule has 60 valence electrons. The van der Waals surface area contributed by atoms with E-state index in [0.717, 1.165) is 12.8 Å². The third kappa shape index (κ3) is 3.91. The summed E-state index contributed by atoms with van der Waals surface area (Å²) in [5.74, 6) is 0.319. The van der Waals surface area contributed by atoms with Crippen LogP contribution in [-0.4, -0.2) is 11.2 Å².